The Bertz CT molecular complexity index is 482. The topological polar surface area (TPSA) is 49.9 Å². The van der Waals surface area contributed by atoms with Gasteiger partial charge in [0.15, 0.2) is 6.10 Å². The summed E-state index contributed by atoms with van der Waals surface area (Å²) < 4.78 is 5.08. The highest BCUT2D eigenvalue weighted by molar-refractivity contribution is 5.83. The Morgan fingerprint density at radius 3 is 2.33 bits per heavy atom. The van der Waals surface area contributed by atoms with Crippen molar-refractivity contribution in [2.24, 2.45) is 0 Å². The van der Waals surface area contributed by atoms with Gasteiger partial charge in [0, 0.05) is 38.3 Å². The molecule has 0 spiro atoms. The molecule has 1 aliphatic rings. The average molecular weight is 290 g/mol. The lowest BCUT2D eigenvalue weighted by atomic mass is 10.2. The summed E-state index contributed by atoms with van der Waals surface area (Å²) in [5.41, 5.74) is 1.18. The van der Waals surface area contributed by atoms with Crippen LogP contribution in [0.5, 0.6) is 0 Å². The van der Waals surface area contributed by atoms with Crippen LogP contribution < -0.4 is 4.90 Å². The molecule has 1 aromatic carbocycles. The summed E-state index contributed by atoms with van der Waals surface area (Å²) in [7, 11) is 0. The van der Waals surface area contributed by atoms with Gasteiger partial charge in [-0.05, 0) is 19.1 Å². The van der Waals surface area contributed by atoms with Crippen molar-refractivity contribution in [2.45, 2.75) is 26.4 Å². The standard InChI is InChI=1S/C16H22N2O3/c1-3-15(19)21-13(2)16(20)18-11-9-17(10-12-18)14-7-5-4-6-8-14/h4-8,13H,3,9-12H2,1-2H3/t13-/m1/s1. The highest BCUT2D eigenvalue weighted by Gasteiger charge is 2.26. The Kier molecular flexibility index (Phi) is 5.20. The van der Waals surface area contributed by atoms with Crippen molar-refractivity contribution in [1.82, 2.24) is 4.90 Å². The molecular formula is C16H22N2O3. The average Bonchev–Trinajstić information content (AvgIpc) is 2.55. The van der Waals surface area contributed by atoms with Gasteiger partial charge in [0.2, 0.25) is 0 Å². The molecule has 0 saturated carbocycles. The number of carbonyl (C=O) groups is 2. The van der Waals surface area contributed by atoms with Gasteiger partial charge in [0.1, 0.15) is 0 Å². The molecule has 1 heterocycles. The van der Waals surface area contributed by atoms with Crippen LogP contribution >= 0.6 is 0 Å². The molecule has 0 unspecified atom stereocenters. The van der Waals surface area contributed by atoms with E-state index in [2.05, 4.69) is 17.0 Å². The van der Waals surface area contributed by atoms with E-state index < -0.39 is 6.10 Å². The number of para-hydroxylation sites is 1. The lowest BCUT2D eigenvalue weighted by Gasteiger charge is -2.37. The van der Waals surface area contributed by atoms with Crippen molar-refractivity contribution < 1.29 is 14.3 Å². The monoisotopic (exact) mass is 290 g/mol. The second kappa shape index (κ2) is 7.11. The summed E-state index contributed by atoms with van der Waals surface area (Å²) in [4.78, 5) is 27.5. The molecule has 0 aromatic heterocycles. The summed E-state index contributed by atoms with van der Waals surface area (Å²) in [6.45, 7) is 6.26. The number of anilines is 1. The number of benzene rings is 1. The molecule has 1 aromatic rings. The fourth-order valence-electron chi connectivity index (χ4n) is 2.41. The molecule has 1 atom stereocenters. The van der Waals surface area contributed by atoms with E-state index in [4.69, 9.17) is 4.74 Å². The highest BCUT2D eigenvalue weighted by atomic mass is 16.5. The van der Waals surface area contributed by atoms with Gasteiger partial charge < -0.3 is 14.5 Å². The number of piperazine rings is 1. The SMILES string of the molecule is CCC(=O)O[C@H](C)C(=O)N1CCN(c2ccccc2)CC1. The largest absolute Gasteiger partial charge is 0.453 e. The van der Waals surface area contributed by atoms with Crippen molar-refractivity contribution in [3.63, 3.8) is 0 Å². The third-order valence-electron chi connectivity index (χ3n) is 3.66. The first kappa shape index (κ1) is 15.4. The highest BCUT2D eigenvalue weighted by Crippen LogP contribution is 2.16. The van der Waals surface area contributed by atoms with Gasteiger partial charge >= 0.3 is 5.97 Å². The van der Waals surface area contributed by atoms with Gasteiger partial charge in [-0.1, -0.05) is 25.1 Å². The van der Waals surface area contributed by atoms with Gasteiger partial charge in [-0.3, -0.25) is 9.59 Å². The molecule has 5 heteroatoms. The number of nitrogens with zero attached hydrogens (tertiary/aromatic N) is 2. The van der Waals surface area contributed by atoms with Crippen molar-refractivity contribution in [3.8, 4) is 0 Å². The first-order chi connectivity index (χ1) is 10.1. The molecule has 0 aliphatic carbocycles. The van der Waals surface area contributed by atoms with Crippen molar-refractivity contribution in [2.75, 3.05) is 31.1 Å². The van der Waals surface area contributed by atoms with Crippen LogP contribution in [0.2, 0.25) is 0 Å². The maximum absolute atomic E-state index is 12.2. The second-order valence-corrected chi connectivity index (χ2v) is 5.13. The molecule has 0 radical (unpaired) electrons. The van der Waals surface area contributed by atoms with Crippen LogP contribution in [0.25, 0.3) is 0 Å². The predicted molar refractivity (Wildman–Crippen MR) is 81.1 cm³/mol. The molecule has 0 N–H and O–H groups in total. The van der Waals surface area contributed by atoms with E-state index >= 15 is 0 Å². The molecule has 0 bridgehead atoms. The van der Waals surface area contributed by atoms with Crippen LogP contribution in [-0.4, -0.2) is 49.1 Å². The zero-order valence-electron chi connectivity index (χ0n) is 12.6. The number of hydrogen-bond donors (Lipinski definition) is 0. The quantitative estimate of drug-likeness (QED) is 0.792. The van der Waals surface area contributed by atoms with Crippen LogP contribution in [0.3, 0.4) is 0 Å². The lowest BCUT2D eigenvalue weighted by molar-refractivity contribution is -0.159. The van der Waals surface area contributed by atoms with E-state index in [9.17, 15) is 9.59 Å². The van der Waals surface area contributed by atoms with Crippen LogP contribution in [0, 0.1) is 0 Å². The Morgan fingerprint density at radius 1 is 1.14 bits per heavy atom. The minimum absolute atomic E-state index is 0.107. The van der Waals surface area contributed by atoms with Crippen LogP contribution in [0.4, 0.5) is 5.69 Å². The molecule has 1 saturated heterocycles. The van der Waals surface area contributed by atoms with E-state index in [1.807, 2.05) is 18.2 Å². The van der Waals surface area contributed by atoms with Gasteiger partial charge in [-0.15, -0.1) is 0 Å². The first-order valence-electron chi connectivity index (χ1n) is 7.40. The predicted octanol–water partition coefficient (Wildman–Crippen LogP) is 1.68. The minimum Gasteiger partial charge on any atom is -0.453 e. The Balaban J connectivity index is 1.86. The van der Waals surface area contributed by atoms with Crippen LogP contribution in [0.1, 0.15) is 20.3 Å². The van der Waals surface area contributed by atoms with Crippen LogP contribution in [0.15, 0.2) is 30.3 Å². The number of ether oxygens (including phenoxy) is 1. The summed E-state index contributed by atoms with van der Waals surface area (Å²) in [5, 5.41) is 0. The third kappa shape index (κ3) is 3.97. The smallest absolute Gasteiger partial charge is 0.306 e. The van der Waals surface area contributed by atoms with Crippen molar-refractivity contribution in [3.05, 3.63) is 30.3 Å². The van der Waals surface area contributed by atoms with E-state index in [-0.39, 0.29) is 11.9 Å². The number of rotatable bonds is 4. The second-order valence-electron chi connectivity index (χ2n) is 5.13. The summed E-state index contributed by atoms with van der Waals surface area (Å²) in [6, 6.07) is 10.2. The first-order valence-corrected chi connectivity index (χ1v) is 7.40. The number of amides is 1. The minimum atomic E-state index is -0.694. The van der Waals surface area contributed by atoms with Gasteiger partial charge in [-0.2, -0.15) is 0 Å². The molecule has 1 fully saturated rings. The fraction of sp³-hybridized carbons (Fsp3) is 0.500. The third-order valence-corrected chi connectivity index (χ3v) is 3.66. The van der Waals surface area contributed by atoms with E-state index in [1.165, 1.54) is 5.69 Å². The Morgan fingerprint density at radius 2 is 1.76 bits per heavy atom. The zero-order valence-corrected chi connectivity index (χ0v) is 12.6. The molecule has 5 nitrogen and oxygen atoms in total. The van der Waals surface area contributed by atoms with Crippen molar-refractivity contribution >= 4 is 17.6 Å². The van der Waals surface area contributed by atoms with E-state index in [1.54, 1.807) is 18.7 Å². The number of esters is 1. The molecule has 21 heavy (non-hydrogen) atoms. The molecule has 1 amide bonds. The van der Waals surface area contributed by atoms with E-state index in [0.29, 0.717) is 19.5 Å². The van der Waals surface area contributed by atoms with Gasteiger partial charge in [0.05, 0.1) is 0 Å². The Hall–Kier alpha value is -2.04. The van der Waals surface area contributed by atoms with Gasteiger partial charge in [-0.25, -0.2) is 0 Å². The summed E-state index contributed by atoms with van der Waals surface area (Å²) >= 11 is 0. The molecule has 1 aliphatic heterocycles. The summed E-state index contributed by atoms with van der Waals surface area (Å²) in [6.07, 6.45) is -0.403. The lowest BCUT2D eigenvalue weighted by Crippen LogP contribution is -2.51. The maximum Gasteiger partial charge on any atom is 0.306 e. The maximum atomic E-state index is 12.2. The molecular weight excluding hydrogens is 268 g/mol. The zero-order chi connectivity index (χ0) is 15.2. The summed E-state index contributed by atoms with van der Waals surface area (Å²) in [5.74, 6) is -0.441. The van der Waals surface area contributed by atoms with Gasteiger partial charge in [0.25, 0.3) is 5.91 Å². The Labute approximate surface area is 125 Å². The van der Waals surface area contributed by atoms with Crippen LogP contribution in [-0.2, 0) is 14.3 Å². The number of carbonyl (C=O) groups excluding carboxylic acids is 2. The van der Waals surface area contributed by atoms with Crippen molar-refractivity contribution in [1.29, 1.82) is 0 Å². The van der Waals surface area contributed by atoms with E-state index in [0.717, 1.165) is 13.1 Å². The number of hydrogen-bond acceptors (Lipinski definition) is 4. The normalized spacial score (nSPS) is 16.5. The molecule has 2 rings (SSSR count). The molecule has 114 valence electrons. The fourth-order valence-corrected chi connectivity index (χ4v) is 2.41.